The number of methoxy groups -OCH3 is 1. The van der Waals surface area contributed by atoms with Gasteiger partial charge in [-0.1, -0.05) is 19.3 Å². The summed E-state index contributed by atoms with van der Waals surface area (Å²) in [6.07, 6.45) is 4.66. The number of halogens is 1. The molecule has 104 valence electrons. The van der Waals surface area contributed by atoms with Gasteiger partial charge < -0.3 is 19.9 Å². The Labute approximate surface area is 111 Å². The molecule has 1 heterocycles. The standard InChI is InChI=1S/C14H18FNO3/c1-17-9-7-10-13(19-8-18-10)11(12(9)15)14(16)5-3-2-4-6-14/h7H,2-6,8,16H2,1H3. The van der Waals surface area contributed by atoms with Crippen LogP contribution in [-0.4, -0.2) is 13.9 Å². The zero-order valence-corrected chi connectivity index (χ0v) is 11.0. The summed E-state index contributed by atoms with van der Waals surface area (Å²) in [5.74, 6) is 0.706. The minimum atomic E-state index is -0.686. The highest BCUT2D eigenvalue weighted by Gasteiger charge is 2.39. The third-order valence-corrected chi connectivity index (χ3v) is 4.03. The van der Waals surface area contributed by atoms with Gasteiger partial charge in [0.1, 0.15) is 0 Å². The molecule has 0 unspecified atom stereocenters. The summed E-state index contributed by atoms with van der Waals surface area (Å²) in [4.78, 5) is 0. The molecule has 0 radical (unpaired) electrons. The molecular formula is C14H18FNO3. The van der Waals surface area contributed by atoms with E-state index < -0.39 is 11.4 Å². The highest BCUT2D eigenvalue weighted by Crippen LogP contribution is 2.49. The third-order valence-electron chi connectivity index (χ3n) is 4.03. The Hall–Kier alpha value is -1.49. The molecule has 2 aliphatic rings. The van der Waals surface area contributed by atoms with Crippen molar-refractivity contribution in [2.75, 3.05) is 13.9 Å². The number of fused-ring (bicyclic) bond motifs is 1. The molecule has 0 amide bonds. The summed E-state index contributed by atoms with van der Waals surface area (Å²) in [6.45, 7) is 0.102. The van der Waals surface area contributed by atoms with Crippen LogP contribution < -0.4 is 19.9 Å². The summed E-state index contributed by atoms with van der Waals surface area (Å²) in [5.41, 5.74) is 6.18. The van der Waals surface area contributed by atoms with Gasteiger partial charge in [0.15, 0.2) is 23.1 Å². The summed E-state index contributed by atoms with van der Waals surface area (Å²) in [6, 6.07) is 1.52. The quantitative estimate of drug-likeness (QED) is 0.895. The van der Waals surface area contributed by atoms with Crippen LogP contribution in [0.3, 0.4) is 0 Å². The van der Waals surface area contributed by atoms with Crippen LogP contribution >= 0.6 is 0 Å². The first kappa shape index (κ1) is 12.5. The fourth-order valence-corrected chi connectivity index (χ4v) is 3.02. The largest absolute Gasteiger partial charge is 0.494 e. The van der Waals surface area contributed by atoms with Gasteiger partial charge in [0, 0.05) is 11.6 Å². The van der Waals surface area contributed by atoms with Gasteiger partial charge in [-0.15, -0.1) is 0 Å². The monoisotopic (exact) mass is 267 g/mol. The molecule has 0 aromatic heterocycles. The molecule has 4 nitrogen and oxygen atoms in total. The highest BCUT2D eigenvalue weighted by molar-refractivity contribution is 5.56. The van der Waals surface area contributed by atoms with Crippen LogP contribution in [0.5, 0.6) is 17.2 Å². The van der Waals surface area contributed by atoms with Crippen molar-refractivity contribution in [2.45, 2.75) is 37.6 Å². The van der Waals surface area contributed by atoms with Gasteiger partial charge in [-0.2, -0.15) is 0 Å². The van der Waals surface area contributed by atoms with Gasteiger partial charge in [-0.25, -0.2) is 4.39 Å². The maximum atomic E-state index is 14.6. The molecule has 0 bridgehead atoms. The highest BCUT2D eigenvalue weighted by atomic mass is 19.1. The molecule has 2 N–H and O–H groups in total. The van der Waals surface area contributed by atoms with E-state index in [0.717, 1.165) is 32.1 Å². The molecule has 1 saturated carbocycles. The van der Waals surface area contributed by atoms with E-state index in [4.69, 9.17) is 19.9 Å². The van der Waals surface area contributed by atoms with Crippen LogP contribution in [0, 0.1) is 5.82 Å². The Kier molecular flexibility index (Phi) is 3.01. The van der Waals surface area contributed by atoms with Gasteiger partial charge in [0.05, 0.1) is 12.7 Å². The van der Waals surface area contributed by atoms with Gasteiger partial charge in [-0.3, -0.25) is 0 Å². The average molecular weight is 267 g/mol. The van der Waals surface area contributed by atoms with Crippen molar-refractivity contribution >= 4 is 0 Å². The predicted octanol–water partition coefficient (Wildman–Crippen LogP) is 2.68. The zero-order valence-electron chi connectivity index (χ0n) is 11.0. The molecule has 0 spiro atoms. The number of benzene rings is 1. The number of hydrogen-bond donors (Lipinski definition) is 1. The normalized spacial score (nSPS) is 20.4. The van der Waals surface area contributed by atoms with Crippen LogP contribution in [0.25, 0.3) is 0 Å². The van der Waals surface area contributed by atoms with E-state index in [0.29, 0.717) is 17.1 Å². The van der Waals surface area contributed by atoms with Crippen molar-refractivity contribution in [3.05, 3.63) is 17.4 Å². The second kappa shape index (κ2) is 4.56. The SMILES string of the molecule is COc1cc2c(c(C3(N)CCCCC3)c1F)OCO2. The lowest BCUT2D eigenvalue weighted by Gasteiger charge is -2.34. The smallest absolute Gasteiger partial charge is 0.231 e. The predicted molar refractivity (Wildman–Crippen MR) is 68.0 cm³/mol. The van der Waals surface area contributed by atoms with Crippen LogP contribution in [-0.2, 0) is 5.54 Å². The lowest BCUT2D eigenvalue weighted by atomic mass is 9.76. The fourth-order valence-electron chi connectivity index (χ4n) is 3.02. The number of nitrogens with two attached hydrogens (primary N) is 1. The van der Waals surface area contributed by atoms with Crippen LogP contribution in [0.2, 0.25) is 0 Å². The zero-order chi connectivity index (χ0) is 13.5. The number of hydrogen-bond acceptors (Lipinski definition) is 4. The summed E-state index contributed by atoms with van der Waals surface area (Å²) in [7, 11) is 1.44. The fraction of sp³-hybridized carbons (Fsp3) is 0.571. The summed E-state index contributed by atoms with van der Waals surface area (Å²) >= 11 is 0. The van der Waals surface area contributed by atoms with Gasteiger partial charge in [0.2, 0.25) is 6.79 Å². The maximum Gasteiger partial charge on any atom is 0.231 e. The molecule has 1 aromatic rings. The van der Waals surface area contributed by atoms with Crippen molar-refractivity contribution in [3.63, 3.8) is 0 Å². The second-order valence-corrected chi connectivity index (χ2v) is 5.22. The van der Waals surface area contributed by atoms with E-state index in [1.807, 2.05) is 0 Å². The van der Waals surface area contributed by atoms with Crippen LogP contribution in [0.15, 0.2) is 6.07 Å². The van der Waals surface area contributed by atoms with E-state index >= 15 is 0 Å². The summed E-state index contributed by atoms with van der Waals surface area (Å²) in [5, 5.41) is 0. The Balaban J connectivity index is 2.16. The molecule has 5 heteroatoms. The molecule has 1 aliphatic carbocycles. The average Bonchev–Trinajstić information content (AvgIpc) is 2.85. The minimum Gasteiger partial charge on any atom is -0.494 e. The molecule has 0 saturated heterocycles. The van der Waals surface area contributed by atoms with E-state index in [1.54, 1.807) is 0 Å². The van der Waals surface area contributed by atoms with Crippen molar-refractivity contribution < 1.29 is 18.6 Å². The van der Waals surface area contributed by atoms with Crippen molar-refractivity contribution in [1.29, 1.82) is 0 Å². The molecule has 0 atom stereocenters. The molecule has 1 aromatic carbocycles. The number of ether oxygens (including phenoxy) is 3. The van der Waals surface area contributed by atoms with Crippen molar-refractivity contribution in [2.24, 2.45) is 5.73 Å². The molecule has 3 rings (SSSR count). The first-order valence-electron chi connectivity index (χ1n) is 6.61. The van der Waals surface area contributed by atoms with E-state index in [2.05, 4.69) is 0 Å². The third kappa shape index (κ3) is 1.92. The lowest BCUT2D eigenvalue weighted by molar-refractivity contribution is 0.170. The lowest BCUT2D eigenvalue weighted by Crippen LogP contribution is -2.39. The molecule has 19 heavy (non-hydrogen) atoms. The van der Waals surface area contributed by atoms with E-state index in [1.165, 1.54) is 13.2 Å². The van der Waals surface area contributed by atoms with Gasteiger partial charge in [-0.05, 0) is 12.8 Å². The van der Waals surface area contributed by atoms with Gasteiger partial charge in [0.25, 0.3) is 0 Å². The minimum absolute atomic E-state index is 0.102. The number of rotatable bonds is 2. The Morgan fingerprint density at radius 2 is 2.00 bits per heavy atom. The van der Waals surface area contributed by atoms with Gasteiger partial charge >= 0.3 is 0 Å². The van der Waals surface area contributed by atoms with Crippen LogP contribution in [0.4, 0.5) is 4.39 Å². The van der Waals surface area contributed by atoms with E-state index in [9.17, 15) is 4.39 Å². The first-order valence-corrected chi connectivity index (χ1v) is 6.61. The molecule has 1 aliphatic heterocycles. The Bertz CT molecular complexity index is 497. The topological polar surface area (TPSA) is 53.7 Å². The van der Waals surface area contributed by atoms with Crippen molar-refractivity contribution in [3.8, 4) is 17.2 Å². The Morgan fingerprint density at radius 3 is 2.68 bits per heavy atom. The van der Waals surface area contributed by atoms with Crippen molar-refractivity contribution in [1.82, 2.24) is 0 Å². The molecular weight excluding hydrogens is 249 g/mol. The van der Waals surface area contributed by atoms with E-state index in [-0.39, 0.29) is 12.5 Å². The summed E-state index contributed by atoms with van der Waals surface area (Å²) < 4.78 is 30.5. The molecule has 1 fully saturated rings. The second-order valence-electron chi connectivity index (χ2n) is 5.22. The Morgan fingerprint density at radius 1 is 1.26 bits per heavy atom. The maximum absolute atomic E-state index is 14.6. The first-order chi connectivity index (χ1) is 9.15. The van der Waals surface area contributed by atoms with Crippen LogP contribution in [0.1, 0.15) is 37.7 Å².